The molecule has 1 fully saturated rings. The van der Waals surface area contributed by atoms with Gasteiger partial charge >= 0.3 is 12.1 Å². The van der Waals surface area contributed by atoms with E-state index in [9.17, 15) is 18.0 Å². The monoisotopic (exact) mass is 456 g/mol. The molecule has 0 unspecified atom stereocenters. The van der Waals surface area contributed by atoms with E-state index in [-0.39, 0.29) is 16.8 Å². The van der Waals surface area contributed by atoms with E-state index >= 15 is 0 Å². The fourth-order valence-electron chi connectivity index (χ4n) is 3.88. The molecule has 2 aliphatic rings. The number of methoxy groups -OCH3 is 1. The second kappa shape index (κ2) is 7.02. The van der Waals surface area contributed by atoms with Crippen LogP contribution in [0.5, 0.6) is 5.75 Å². The summed E-state index contributed by atoms with van der Waals surface area (Å²) in [5.41, 5.74) is -0.687. The number of hydrogen-bond acceptors (Lipinski definition) is 4. The van der Waals surface area contributed by atoms with Gasteiger partial charge in [0.1, 0.15) is 5.75 Å². The molecule has 4 rings (SSSR count). The summed E-state index contributed by atoms with van der Waals surface area (Å²) in [6.07, 6.45) is -4.22. The normalized spacial score (nSPS) is 22.7. The molecule has 2 aromatic carbocycles. The summed E-state index contributed by atoms with van der Waals surface area (Å²) < 4.78 is 51.0. The number of halogens is 4. The highest BCUT2D eigenvalue weighted by molar-refractivity contribution is 7.80. The van der Waals surface area contributed by atoms with Gasteiger partial charge in [-0.25, -0.2) is 4.79 Å². The van der Waals surface area contributed by atoms with Crippen LogP contribution in [-0.2, 0) is 10.9 Å². The topological polar surface area (TPSA) is 50.8 Å². The van der Waals surface area contributed by atoms with Crippen LogP contribution in [0.4, 0.5) is 18.9 Å². The van der Waals surface area contributed by atoms with Crippen LogP contribution in [0.1, 0.15) is 40.9 Å². The van der Waals surface area contributed by atoms with Gasteiger partial charge < -0.3 is 14.8 Å². The van der Waals surface area contributed by atoms with E-state index in [4.69, 9.17) is 33.3 Å². The first kappa shape index (κ1) is 20.7. The Labute approximate surface area is 180 Å². The SMILES string of the molecule is COC(=O)c1ccc2c(c1)[C@H]1C[C@@](C)(O2)N(c2ccc(Cl)c(C(F)(F)F)c2)C(=S)N1. The Kier molecular flexibility index (Phi) is 4.85. The van der Waals surface area contributed by atoms with E-state index in [0.717, 1.165) is 11.6 Å². The van der Waals surface area contributed by atoms with E-state index in [1.165, 1.54) is 24.1 Å². The Bertz CT molecular complexity index is 1060. The first-order valence-corrected chi connectivity index (χ1v) is 9.71. The lowest BCUT2D eigenvalue weighted by Crippen LogP contribution is -2.65. The largest absolute Gasteiger partial charge is 0.467 e. The van der Waals surface area contributed by atoms with E-state index in [1.807, 2.05) is 0 Å². The molecule has 0 amide bonds. The number of rotatable bonds is 2. The van der Waals surface area contributed by atoms with Crippen LogP contribution >= 0.6 is 23.8 Å². The molecule has 0 spiro atoms. The van der Waals surface area contributed by atoms with Crippen LogP contribution in [0.3, 0.4) is 0 Å². The summed E-state index contributed by atoms with van der Waals surface area (Å²) >= 11 is 11.2. The van der Waals surface area contributed by atoms with Crippen molar-refractivity contribution in [1.82, 2.24) is 5.32 Å². The molecule has 2 heterocycles. The Morgan fingerprint density at radius 3 is 2.73 bits per heavy atom. The minimum atomic E-state index is -4.61. The van der Waals surface area contributed by atoms with Crippen molar-refractivity contribution < 1.29 is 27.4 Å². The lowest BCUT2D eigenvalue weighted by Gasteiger charge is -2.52. The van der Waals surface area contributed by atoms with Crippen molar-refractivity contribution in [2.24, 2.45) is 0 Å². The minimum Gasteiger partial charge on any atom is -0.467 e. The van der Waals surface area contributed by atoms with Crippen molar-refractivity contribution in [2.45, 2.75) is 31.3 Å². The van der Waals surface area contributed by atoms with E-state index < -0.39 is 28.5 Å². The van der Waals surface area contributed by atoms with E-state index in [1.54, 1.807) is 25.1 Å². The fourth-order valence-corrected chi connectivity index (χ4v) is 4.55. The van der Waals surface area contributed by atoms with Crippen LogP contribution in [0, 0.1) is 0 Å². The number of alkyl halides is 3. The molecule has 10 heteroatoms. The number of nitrogens with one attached hydrogen (secondary N) is 1. The molecule has 1 N–H and O–H groups in total. The van der Waals surface area contributed by atoms with Crippen LogP contribution in [0.25, 0.3) is 0 Å². The Morgan fingerprint density at radius 2 is 2.07 bits per heavy atom. The number of ether oxygens (including phenoxy) is 2. The Morgan fingerprint density at radius 1 is 1.33 bits per heavy atom. The third-order valence-corrected chi connectivity index (χ3v) is 5.84. The molecule has 0 saturated carbocycles. The van der Waals surface area contributed by atoms with Gasteiger partial charge in [-0.2, -0.15) is 13.2 Å². The van der Waals surface area contributed by atoms with Crippen molar-refractivity contribution in [1.29, 1.82) is 0 Å². The number of benzene rings is 2. The summed E-state index contributed by atoms with van der Waals surface area (Å²) in [6, 6.07) is 8.22. The molecule has 158 valence electrons. The van der Waals surface area contributed by atoms with Gasteiger partial charge in [0.2, 0.25) is 0 Å². The van der Waals surface area contributed by atoms with Gasteiger partial charge in [-0.1, -0.05) is 11.6 Å². The standard InChI is InChI=1S/C20H16ClF3N2O3S/c1-19-9-15(12-7-10(17(27)28-2)3-6-16(12)29-19)25-18(30)26(19)11-4-5-14(21)13(8-11)20(22,23)24/h3-8,15H,9H2,1-2H3,(H,25,30)/t15-,19-/m1/s1. The second-order valence-corrected chi connectivity index (χ2v) is 8.02. The number of nitrogens with zero attached hydrogens (tertiary/aromatic N) is 1. The summed E-state index contributed by atoms with van der Waals surface area (Å²) in [6.45, 7) is 1.76. The number of carbonyl (C=O) groups is 1. The van der Waals surface area contributed by atoms with Crippen molar-refractivity contribution in [3.63, 3.8) is 0 Å². The summed E-state index contributed by atoms with van der Waals surface area (Å²) in [5.74, 6) is 0.0263. The molecule has 0 radical (unpaired) electrons. The summed E-state index contributed by atoms with van der Waals surface area (Å²) in [4.78, 5) is 13.4. The predicted octanol–water partition coefficient (Wildman–Crippen LogP) is 5.08. The summed E-state index contributed by atoms with van der Waals surface area (Å²) in [5, 5.41) is 2.96. The van der Waals surface area contributed by atoms with Gasteiger partial charge in [0.05, 0.1) is 29.3 Å². The average Bonchev–Trinajstić information content (AvgIpc) is 2.66. The maximum absolute atomic E-state index is 13.3. The van der Waals surface area contributed by atoms with Gasteiger partial charge in [0, 0.05) is 17.7 Å². The number of esters is 1. The molecule has 2 atom stereocenters. The van der Waals surface area contributed by atoms with Crippen molar-refractivity contribution >= 4 is 40.6 Å². The van der Waals surface area contributed by atoms with Gasteiger partial charge in [-0.05, 0) is 55.5 Å². The van der Waals surface area contributed by atoms with Gasteiger partial charge in [-0.3, -0.25) is 4.90 Å². The maximum atomic E-state index is 13.3. The lowest BCUT2D eigenvalue weighted by molar-refractivity contribution is -0.137. The molecule has 0 aromatic heterocycles. The fraction of sp³-hybridized carbons (Fsp3) is 0.300. The second-order valence-electron chi connectivity index (χ2n) is 7.22. The number of hydrogen-bond donors (Lipinski definition) is 1. The molecule has 2 bridgehead atoms. The van der Waals surface area contributed by atoms with E-state index in [2.05, 4.69) is 5.32 Å². The third kappa shape index (κ3) is 3.35. The minimum absolute atomic E-state index is 0.207. The van der Waals surface area contributed by atoms with E-state index in [0.29, 0.717) is 17.7 Å². The molecule has 0 aliphatic carbocycles. The third-order valence-electron chi connectivity index (χ3n) is 5.21. The van der Waals surface area contributed by atoms with Gasteiger partial charge in [-0.15, -0.1) is 0 Å². The summed E-state index contributed by atoms with van der Waals surface area (Å²) in [7, 11) is 1.29. The highest BCUT2D eigenvalue weighted by Gasteiger charge is 2.49. The molecule has 5 nitrogen and oxygen atoms in total. The van der Waals surface area contributed by atoms with Crippen LogP contribution < -0.4 is 15.0 Å². The zero-order valence-electron chi connectivity index (χ0n) is 15.8. The lowest BCUT2D eigenvalue weighted by atomic mass is 9.89. The zero-order chi connectivity index (χ0) is 21.8. The van der Waals surface area contributed by atoms with Crippen molar-refractivity contribution in [3.8, 4) is 5.75 Å². The first-order valence-electron chi connectivity index (χ1n) is 8.92. The van der Waals surface area contributed by atoms with Crippen LogP contribution in [-0.4, -0.2) is 23.9 Å². The number of anilines is 1. The van der Waals surface area contributed by atoms with Gasteiger partial charge in [0.15, 0.2) is 10.8 Å². The van der Waals surface area contributed by atoms with Gasteiger partial charge in [0.25, 0.3) is 0 Å². The highest BCUT2D eigenvalue weighted by Crippen LogP contribution is 2.47. The Balaban J connectivity index is 1.76. The number of fused-ring (bicyclic) bond motifs is 4. The quantitative estimate of drug-likeness (QED) is 0.502. The molecule has 2 aliphatic heterocycles. The number of carbonyl (C=O) groups excluding carboxylic acids is 1. The molecule has 30 heavy (non-hydrogen) atoms. The molecular formula is C20H16ClF3N2O3S. The zero-order valence-corrected chi connectivity index (χ0v) is 17.4. The average molecular weight is 457 g/mol. The molecular weight excluding hydrogens is 441 g/mol. The predicted molar refractivity (Wildman–Crippen MR) is 109 cm³/mol. The smallest absolute Gasteiger partial charge is 0.417 e. The number of thiocarbonyl (C=S) groups is 1. The molecule has 2 aromatic rings. The van der Waals surface area contributed by atoms with Crippen LogP contribution in [0.2, 0.25) is 5.02 Å². The highest BCUT2D eigenvalue weighted by atomic mass is 35.5. The van der Waals surface area contributed by atoms with Crippen molar-refractivity contribution in [3.05, 3.63) is 58.1 Å². The first-order chi connectivity index (χ1) is 14.0. The van der Waals surface area contributed by atoms with Crippen LogP contribution in [0.15, 0.2) is 36.4 Å². The molecule has 1 saturated heterocycles. The van der Waals surface area contributed by atoms with Crippen molar-refractivity contribution in [2.75, 3.05) is 12.0 Å². The Hall–Kier alpha value is -2.52. The maximum Gasteiger partial charge on any atom is 0.417 e.